The lowest BCUT2D eigenvalue weighted by Gasteiger charge is -2.12. The molecule has 0 atom stereocenters. The van der Waals surface area contributed by atoms with Crippen LogP contribution in [0.5, 0.6) is 0 Å². The topological polar surface area (TPSA) is 52.0 Å². The molecule has 2 aromatic carbocycles. The first-order valence-electron chi connectivity index (χ1n) is 6.65. The van der Waals surface area contributed by atoms with Crippen LogP contribution in [0.1, 0.15) is 0 Å². The van der Waals surface area contributed by atoms with Crippen molar-refractivity contribution in [1.29, 1.82) is 0 Å². The third kappa shape index (κ3) is 3.42. The first-order valence-corrected chi connectivity index (χ1v) is 8.39. The molecule has 23 heavy (non-hydrogen) atoms. The van der Waals surface area contributed by atoms with Gasteiger partial charge in [-0.15, -0.1) is 0 Å². The molecular formula is C16H10Cl2N2O2S. The summed E-state index contributed by atoms with van der Waals surface area (Å²) in [5, 5.41) is 0.981. The van der Waals surface area contributed by atoms with Gasteiger partial charge in [-0.3, -0.25) is 14.2 Å². The number of fused-ring (bicyclic) bond motifs is 1. The van der Waals surface area contributed by atoms with Gasteiger partial charge >= 0.3 is 0 Å². The summed E-state index contributed by atoms with van der Waals surface area (Å²) in [5.74, 6) is 0.0277. The van der Waals surface area contributed by atoms with Crippen molar-refractivity contribution >= 4 is 51.1 Å². The number of para-hydroxylation sites is 1. The lowest BCUT2D eigenvalue weighted by atomic mass is 10.2. The summed E-state index contributed by atoms with van der Waals surface area (Å²) in [6.45, 7) is 0. The van der Waals surface area contributed by atoms with Gasteiger partial charge in [-0.25, -0.2) is 4.98 Å². The number of hydrogen-bond donors (Lipinski definition) is 0. The summed E-state index contributed by atoms with van der Waals surface area (Å²) < 4.78 is 1.46. The zero-order chi connectivity index (χ0) is 16.4. The van der Waals surface area contributed by atoms with Crippen molar-refractivity contribution in [2.24, 2.45) is 0 Å². The number of nitrogens with zero attached hydrogens (tertiary/aromatic N) is 2. The molecule has 0 unspecified atom stereocenters. The lowest BCUT2D eigenvalue weighted by molar-refractivity contribution is -0.109. The monoisotopic (exact) mass is 364 g/mol. The van der Waals surface area contributed by atoms with Gasteiger partial charge in [-0.1, -0.05) is 35.5 Å². The minimum Gasteiger partial charge on any atom is -0.280 e. The highest BCUT2D eigenvalue weighted by molar-refractivity contribution is 8.00. The Morgan fingerprint density at radius 3 is 2.52 bits per heavy atom. The summed E-state index contributed by atoms with van der Waals surface area (Å²) in [5.41, 5.74) is 0.997. The molecule has 0 aliphatic rings. The molecule has 116 valence electrons. The Hall–Kier alpha value is -1.82. The SMILES string of the molecule is O=C(Cl)CSc1nc2ccccc2c(=O)n1-c1ccc(Cl)cc1. The summed E-state index contributed by atoms with van der Waals surface area (Å²) in [4.78, 5) is 28.4. The maximum absolute atomic E-state index is 12.8. The molecule has 0 fully saturated rings. The van der Waals surface area contributed by atoms with Gasteiger partial charge in [0.2, 0.25) is 5.24 Å². The summed E-state index contributed by atoms with van der Waals surface area (Å²) in [6, 6.07) is 13.9. The smallest absolute Gasteiger partial charge is 0.266 e. The Bertz CT molecular complexity index is 939. The maximum atomic E-state index is 12.8. The van der Waals surface area contributed by atoms with Gasteiger partial charge in [0, 0.05) is 5.02 Å². The van der Waals surface area contributed by atoms with E-state index in [0.29, 0.717) is 26.8 Å². The van der Waals surface area contributed by atoms with E-state index in [0.717, 1.165) is 11.8 Å². The molecule has 0 aliphatic carbocycles. The Labute approximate surface area is 146 Å². The average molecular weight is 365 g/mol. The predicted molar refractivity (Wildman–Crippen MR) is 93.9 cm³/mol. The number of aromatic nitrogens is 2. The number of rotatable bonds is 4. The van der Waals surface area contributed by atoms with Crippen molar-refractivity contribution in [2.45, 2.75) is 5.16 Å². The number of benzene rings is 2. The van der Waals surface area contributed by atoms with Gasteiger partial charge in [0.1, 0.15) is 0 Å². The number of carbonyl (C=O) groups is 1. The second kappa shape index (κ2) is 6.74. The summed E-state index contributed by atoms with van der Waals surface area (Å²) >= 11 is 12.4. The molecule has 3 rings (SSSR count). The number of halogens is 2. The first-order chi connectivity index (χ1) is 11.1. The van der Waals surface area contributed by atoms with Crippen LogP contribution in [0.2, 0.25) is 5.02 Å². The third-order valence-corrected chi connectivity index (χ3v) is 4.63. The van der Waals surface area contributed by atoms with E-state index in [1.807, 2.05) is 6.07 Å². The molecule has 3 aromatic rings. The van der Waals surface area contributed by atoms with Gasteiger partial charge in [0.25, 0.3) is 5.56 Å². The Kier molecular flexibility index (Phi) is 4.71. The van der Waals surface area contributed by atoms with Crippen LogP contribution < -0.4 is 5.56 Å². The molecule has 0 saturated carbocycles. The highest BCUT2D eigenvalue weighted by Gasteiger charge is 2.14. The molecule has 0 radical (unpaired) electrons. The minimum atomic E-state index is -0.500. The van der Waals surface area contributed by atoms with Crippen molar-refractivity contribution in [3.8, 4) is 5.69 Å². The van der Waals surface area contributed by atoms with Crippen molar-refractivity contribution < 1.29 is 4.79 Å². The lowest BCUT2D eigenvalue weighted by Crippen LogP contribution is -2.22. The number of thioether (sulfide) groups is 1. The summed E-state index contributed by atoms with van der Waals surface area (Å²) in [6.07, 6.45) is 0. The van der Waals surface area contributed by atoms with E-state index in [-0.39, 0.29) is 11.3 Å². The molecule has 0 spiro atoms. The van der Waals surface area contributed by atoms with E-state index >= 15 is 0 Å². The second-order valence-electron chi connectivity index (χ2n) is 4.67. The number of hydrogen-bond acceptors (Lipinski definition) is 4. The van der Waals surface area contributed by atoms with E-state index in [1.165, 1.54) is 4.57 Å². The fourth-order valence-corrected chi connectivity index (χ4v) is 3.16. The molecule has 1 aromatic heterocycles. The average Bonchev–Trinajstić information content (AvgIpc) is 2.54. The van der Waals surface area contributed by atoms with Crippen LogP contribution in [0.25, 0.3) is 16.6 Å². The maximum Gasteiger partial charge on any atom is 0.266 e. The largest absolute Gasteiger partial charge is 0.280 e. The van der Waals surface area contributed by atoms with E-state index in [2.05, 4.69) is 4.98 Å². The quantitative estimate of drug-likeness (QED) is 0.400. The van der Waals surface area contributed by atoms with Crippen molar-refractivity contribution in [3.63, 3.8) is 0 Å². The van der Waals surface area contributed by atoms with Crippen LogP contribution in [0.3, 0.4) is 0 Å². The fraction of sp³-hybridized carbons (Fsp3) is 0.0625. The van der Waals surface area contributed by atoms with Gasteiger partial charge < -0.3 is 0 Å². The Morgan fingerprint density at radius 2 is 1.83 bits per heavy atom. The molecule has 4 nitrogen and oxygen atoms in total. The van der Waals surface area contributed by atoms with Crippen LogP contribution in [0.15, 0.2) is 58.5 Å². The van der Waals surface area contributed by atoms with Gasteiger partial charge in [0.05, 0.1) is 22.3 Å². The molecule has 1 heterocycles. The zero-order valence-electron chi connectivity index (χ0n) is 11.7. The van der Waals surface area contributed by atoms with E-state index < -0.39 is 5.24 Å². The molecule has 0 saturated heterocycles. The molecular weight excluding hydrogens is 355 g/mol. The highest BCUT2D eigenvalue weighted by atomic mass is 35.5. The molecule has 0 bridgehead atoms. The fourth-order valence-electron chi connectivity index (χ4n) is 2.15. The second-order valence-corrected chi connectivity index (χ2v) is 6.47. The zero-order valence-corrected chi connectivity index (χ0v) is 14.0. The van der Waals surface area contributed by atoms with Crippen LogP contribution >= 0.6 is 35.0 Å². The predicted octanol–water partition coefficient (Wildman–Crippen LogP) is 3.90. The van der Waals surface area contributed by atoms with Crippen LogP contribution in [0, 0.1) is 0 Å². The third-order valence-electron chi connectivity index (χ3n) is 3.14. The molecule has 0 aliphatic heterocycles. The Morgan fingerprint density at radius 1 is 1.13 bits per heavy atom. The highest BCUT2D eigenvalue weighted by Crippen LogP contribution is 2.22. The van der Waals surface area contributed by atoms with Crippen molar-refractivity contribution in [1.82, 2.24) is 9.55 Å². The van der Waals surface area contributed by atoms with E-state index in [9.17, 15) is 9.59 Å². The van der Waals surface area contributed by atoms with Gasteiger partial charge in [-0.2, -0.15) is 0 Å². The van der Waals surface area contributed by atoms with E-state index in [1.54, 1.807) is 42.5 Å². The van der Waals surface area contributed by atoms with Gasteiger partial charge in [-0.05, 0) is 48.0 Å². The van der Waals surface area contributed by atoms with Gasteiger partial charge in [0.15, 0.2) is 5.16 Å². The van der Waals surface area contributed by atoms with Crippen LogP contribution in [-0.4, -0.2) is 20.5 Å². The van der Waals surface area contributed by atoms with Crippen LogP contribution in [0.4, 0.5) is 0 Å². The first kappa shape index (κ1) is 16.1. The summed E-state index contributed by atoms with van der Waals surface area (Å²) in [7, 11) is 0. The molecule has 0 amide bonds. The van der Waals surface area contributed by atoms with Crippen molar-refractivity contribution in [3.05, 3.63) is 63.9 Å². The number of carbonyl (C=O) groups excluding carboxylic acids is 1. The van der Waals surface area contributed by atoms with E-state index in [4.69, 9.17) is 23.2 Å². The normalized spacial score (nSPS) is 10.9. The standard InChI is InChI=1S/C16H10Cl2N2O2S/c17-10-5-7-11(8-6-10)20-15(22)12-3-1-2-4-13(12)19-16(20)23-9-14(18)21/h1-8H,9H2. The minimum absolute atomic E-state index is 0.0277. The Balaban J connectivity index is 2.25. The molecule has 7 heteroatoms. The van der Waals surface area contributed by atoms with Crippen LogP contribution in [-0.2, 0) is 4.79 Å². The van der Waals surface area contributed by atoms with Crippen molar-refractivity contribution in [2.75, 3.05) is 5.75 Å². The molecule has 0 N–H and O–H groups in total.